The Morgan fingerprint density at radius 2 is 2.32 bits per heavy atom. The van der Waals surface area contributed by atoms with E-state index in [1.54, 1.807) is 11.1 Å². The van der Waals surface area contributed by atoms with Crippen molar-refractivity contribution in [3.63, 3.8) is 0 Å². The standard InChI is InChI=1S/C17H20N6OS/c18-10-13-4-3-9-23(13)16(24)11-19-7-8-21-17-22-15(12-25-17)14-5-1-2-6-20-14/h1-2,5-6,12-13,19H,3-4,7-9,11H2,(H,21,22)/t13-/m0/s1. The van der Waals surface area contributed by atoms with Crippen molar-refractivity contribution >= 4 is 22.4 Å². The van der Waals surface area contributed by atoms with Gasteiger partial charge in [0.15, 0.2) is 5.13 Å². The van der Waals surface area contributed by atoms with Crippen molar-refractivity contribution in [3.05, 3.63) is 29.8 Å². The molecule has 0 saturated carbocycles. The van der Waals surface area contributed by atoms with Crippen LogP contribution >= 0.6 is 11.3 Å². The van der Waals surface area contributed by atoms with E-state index in [1.807, 2.05) is 23.6 Å². The molecule has 1 fully saturated rings. The molecular weight excluding hydrogens is 336 g/mol. The normalized spacial score (nSPS) is 16.6. The number of nitrogens with zero attached hydrogens (tertiary/aromatic N) is 4. The Morgan fingerprint density at radius 3 is 3.12 bits per heavy atom. The number of hydrogen-bond acceptors (Lipinski definition) is 7. The van der Waals surface area contributed by atoms with Gasteiger partial charge in [-0.05, 0) is 25.0 Å². The molecule has 0 radical (unpaired) electrons. The van der Waals surface area contributed by atoms with Crippen molar-refractivity contribution < 1.29 is 4.79 Å². The maximum Gasteiger partial charge on any atom is 0.237 e. The van der Waals surface area contributed by atoms with Gasteiger partial charge in [-0.15, -0.1) is 11.3 Å². The van der Waals surface area contributed by atoms with E-state index in [2.05, 4.69) is 26.7 Å². The zero-order valence-electron chi connectivity index (χ0n) is 13.8. The number of carbonyl (C=O) groups excluding carboxylic acids is 1. The first-order chi connectivity index (χ1) is 12.3. The van der Waals surface area contributed by atoms with E-state index in [0.717, 1.165) is 29.4 Å². The van der Waals surface area contributed by atoms with E-state index in [-0.39, 0.29) is 18.5 Å². The van der Waals surface area contributed by atoms with Gasteiger partial charge in [0, 0.05) is 31.2 Å². The summed E-state index contributed by atoms with van der Waals surface area (Å²) in [7, 11) is 0. The summed E-state index contributed by atoms with van der Waals surface area (Å²) < 4.78 is 0. The number of carbonyl (C=O) groups is 1. The van der Waals surface area contributed by atoms with Gasteiger partial charge in [-0.25, -0.2) is 4.98 Å². The highest BCUT2D eigenvalue weighted by Crippen LogP contribution is 2.22. The minimum absolute atomic E-state index is 0.00395. The van der Waals surface area contributed by atoms with Gasteiger partial charge >= 0.3 is 0 Å². The van der Waals surface area contributed by atoms with Crippen LogP contribution in [0.1, 0.15) is 12.8 Å². The van der Waals surface area contributed by atoms with Gasteiger partial charge in [0.05, 0.1) is 18.3 Å². The molecule has 7 nitrogen and oxygen atoms in total. The van der Waals surface area contributed by atoms with Crippen molar-refractivity contribution in [2.24, 2.45) is 0 Å². The number of nitrogens with one attached hydrogen (secondary N) is 2. The quantitative estimate of drug-likeness (QED) is 0.734. The molecule has 2 N–H and O–H groups in total. The summed E-state index contributed by atoms with van der Waals surface area (Å²) in [6.45, 7) is 2.27. The van der Waals surface area contributed by atoms with E-state index in [9.17, 15) is 4.79 Å². The van der Waals surface area contributed by atoms with Gasteiger partial charge in [-0.2, -0.15) is 5.26 Å². The average molecular weight is 356 g/mol. The Balaban J connectivity index is 1.37. The molecule has 1 aliphatic heterocycles. The molecule has 1 saturated heterocycles. The van der Waals surface area contributed by atoms with Crippen LogP contribution in [0.15, 0.2) is 29.8 Å². The smallest absolute Gasteiger partial charge is 0.237 e. The number of hydrogen-bond donors (Lipinski definition) is 2. The predicted molar refractivity (Wildman–Crippen MR) is 97.1 cm³/mol. The Labute approximate surface area is 150 Å². The number of likely N-dealkylation sites (tertiary alicyclic amines) is 1. The van der Waals surface area contributed by atoms with Crippen molar-refractivity contribution in [3.8, 4) is 17.5 Å². The van der Waals surface area contributed by atoms with E-state index >= 15 is 0 Å². The fourth-order valence-electron chi connectivity index (χ4n) is 2.74. The van der Waals surface area contributed by atoms with Crippen LogP contribution < -0.4 is 10.6 Å². The SMILES string of the molecule is N#C[C@@H]1CCCN1C(=O)CNCCNc1nc(-c2ccccn2)cs1. The van der Waals surface area contributed by atoms with Crippen molar-refractivity contribution in [2.45, 2.75) is 18.9 Å². The number of anilines is 1. The molecule has 8 heteroatoms. The Morgan fingerprint density at radius 1 is 1.40 bits per heavy atom. The van der Waals surface area contributed by atoms with Crippen LogP contribution in [0.3, 0.4) is 0 Å². The van der Waals surface area contributed by atoms with Gasteiger partial charge in [-0.1, -0.05) is 6.07 Å². The van der Waals surface area contributed by atoms with Crippen LogP contribution in [-0.2, 0) is 4.79 Å². The first-order valence-electron chi connectivity index (χ1n) is 8.28. The zero-order chi connectivity index (χ0) is 17.5. The third-order valence-electron chi connectivity index (χ3n) is 4.01. The highest BCUT2D eigenvalue weighted by molar-refractivity contribution is 7.14. The van der Waals surface area contributed by atoms with Gasteiger partial charge in [0.1, 0.15) is 11.7 Å². The summed E-state index contributed by atoms with van der Waals surface area (Å²) in [4.78, 5) is 22.5. The summed E-state index contributed by atoms with van der Waals surface area (Å²) >= 11 is 1.53. The number of aromatic nitrogens is 2. The number of amides is 1. The molecule has 3 heterocycles. The van der Waals surface area contributed by atoms with Crippen LogP contribution in [0.25, 0.3) is 11.4 Å². The fraction of sp³-hybridized carbons (Fsp3) is 0.412. The number of nitriles is 1. The molecular formula is C17H20N6OS. The summed E-state index contributed by atoms with van der Waals surface area (Å²) in [6, 6.07) is 7.67. The van der Waals surface area contributed by atoms with Gasteiger partial charge in [0.2, 0.25) is 5.91 Å². The minimum Gasteiger partial charge on any atom is -0.360 e. The Bertz CT molecular complexity index is 741. The summed E-state index contributed by atoms with van der Waals surface area (Å²) in [5, 5.41) is 18.2. The summed E-state index contributed by atoms with van der Waals surface area (Å²) in [5.41, 5.74) is 1.71. The molecule has 1 aliphatic rings. The molecule has 1 amide bonds. The predicted octanol–water partition coefficient (Wildman–Crippen LogP) is 1.72. The molecule has 130 valence electrons. The van der Waals surface area contributed by atoms with Crippen LogP contribution in [-0.4, -0.2) is 53.0 Å². The third-order valence-corrected chi connectivity index (χ3v) is 4.81. The minimum atomic E-state index is -0.257. The number of pyridine rings is 1. The van der Waals surface area contributed by atoms with Crippen molar-refractivity contribution in [2.75, 3.05) is 31.5 Å². The van der Waals surface area contributed by atoms with E-state index in [0.29, 0.717) is 19.6 Å². The number of thiazole rings is 1. The Hall–Kier alpha value is -2.50. The topological polar surface area (TPSA) is 93.9 Å². The molecule has 2 aromatic heterocycles. The molecule has 3 rings (SSSR count). The van der Waals surface area contributed by atoms with Crippen LogP contribution in [0.5, 0.6) is 0 Å². The zero-order valence-corrected chi connectivity index (χ0v) is 14.6. The molecule has 0 aromatic carbocycles. The fourth-order valence-corrected chi connectivity index (χ4v) is 3.47. The van der Waals surface area contributed by atoms with E-state index in [1.165, 1.54) is 11.3 Å². The lowest BCUT2D eigenvalue weighted by Gasteiger charge is -2.19. The second kappa shape index (κ2) is 8.55. The number of rotatable bonds is 7. The molecule has 1 atom stereocenters. The molecule has 0 bridgehead atoms. The summed E-state index contributed by atoms with van der Waals surface area (Å²) in [6.07, 6.45) is 3.45. The van der Waals surface area contributed by atoms with Crippen LogP contribution in [0.4, 0.5) is 5.13 Å². The van der Waals surface area contributed by atoms with Crippen LogP contribution in [0, 0.1) is 11.3 Å². The molecule has 25 heavy (non-hydrogen) atoms. The maximum atomic E-state index is 12.1. The first kappa shape index (κ1) is 17.3. The van der Waals surface area contributed by atoms with Gasteiger partial charge < -0.3 is 15.5 Å². The third kappa shape index (κ3) is 4.53. The van der Waals surface area contributed by atoms with Crippen molar-refractivity contribution in [1.29, 1.82) is 5.26 Å². The lowest BCUT2D eigenvalue weighted by molar-refractivity contribution is -0.130. The molecule has 0 unspecified atom stereocenters. The highest BCUT2D eigenvalue weighted by atomic mass is 32.1. The monoisotopic (exact) mass is 356 g/mol. The van der Waals surface area contributed by atoms with Crippen LogP contribution in [0.2, 0.25) is 0 Å². The van der Waals surface area contributed by atoms with Crippen molar-refractivity contribution in [1.82, 2.24) is 20.2 Å². The second-order valence-corrected chi connectivity index (χ2v) is 6.59. The molecule has 0 spiro atoms. The largest absolute Gasteiger partial charge is 0.360 e. The summed E-state index contributed by atoms with van der Waals surface area (Å²) in [5.74, 6) is -0.00395. The Kier molecular flexibility index (Phi) is 5.93. The lowest BCUT2D eigenvalue weighted by Crippen LogP contribution is -2.41. The van der Waals surface area contributed by atoms with E-state index in [4.69, 9.17) is 5.26 Å². The second-order valence-electron chi connectivity index (χ2n) is 5.73. The maximum absolute atomic E-state index is 12.1. The first-order valence-corrected chi connectivity index (χ1v) is 9.16. The van der Waals surface area contributed by atoms with E-state index < -0.39 is 0 Å². The van der Waals surface area contributed by atoms with Gasteiger partial charge in [-0.3, -0.25) is 9.78 Å². The lowest BCUT2D eigenvalue weighted by atomic mass is 10.2. The molecule has 2 aromatic rings. The van der Waals surface area contributed by atoms with Gasteiger partial charge in [0.25, 0.3) is 0 Å². The highest BCUT2D eigenvalue weighted by Gasteiger charge is 2.27. The molecule has 0 aliphatic carbocycles. The average Bonchev–Trinajstić information content (AvgIpc) is 3.31.